The number of benzene rings is 1. The Morgan fingerprint density at radius 1 is 1.10 bits per heavy atom. The van der Waals surface area contributed by atoms with E-state index in [0.29, 0.717) is 26.8 Å². The standard InChI is InChI=1S/C23H30Cl3N5/c1-14(19-6-5-18(24)12-20(19)25)28-22-21(26)15(2)29-23(30-22)31-11-3-4-17(13-31)16-7-9-27-10-8-16/h5-6,12,14,16-17,27H,3-4,7-11,13H2,1-2H3,(H,28,29,30)/t14-,17-/m1/s1. The molecule has 2 saturated heterocycles. The number of aryl methyl sites for hydroxylation is 1. The van der Waals surface area contributed by atoms with E-state index >= 15 is 0 Å². The van der Waals surface area contributed by atoms with Crippen molar-refractivity contribution in [1.82, 2.24) is 15.3 Å². The van der Waals surface area contributed by atoms with Crippen LogP contribution >= 0.6 is 34.8 Å². The molecule has 168 valence electrons. The zero-order chi connectivity index (χ0) is 22.0. The number of hydrogen-bond acceptors (Lipinski definition) is 5. The minimum Gasteiger partial charge on any atom is -0.362 e. The van der Waals surface area contributed by atoms with E-state index in [1.807, 2.05) is 26.0 Å². The second-order valence-corrected chi connectivity index (χ2v) is 9.96. The fourth-order valence-electron chi connectivity index (χ4n) is 4.81. The highest BCUT2D eigenvalue weighted by molar-refractivity contribution is 6.35. The molecular weight excluding hydrogens is 453 g/mol. The molecule has 1 aromatic carbocycles. The van der Waals surface area contributed by atoms with Crippen LogP contribution in [-0.2, 0) is 0 Å². The molecule has 3 heterocycles. The highest BCUT2D eigenvalue weighted by Crippen LogP contribution is 2.34. The van der Waals surface area contributed by atoms with Crippen molar-refractivity contribution in [3.63, 3.8) is 0 Å². The summed E-state index contributed by atoms with van der Waals surface area (Å²) in [5.74, 6) is 2.91. The van der Waals surface area contributed by atoms with E-state index in [9.17, 15) is 0 Å². The van der Waals surface area contributed by atoms with Gasteiger partial charge in [-0.1, -0.05) is 40.9 Å². The van der Waals surface area contributed by atoms with Crippen LogP contribution in [-0.4, -0.2) is 36.1 Å². The van der Waals surface area contributed by atoms with Crippen LogP contribution in [0, 0.1) is 18.8 Å². The molecule has 0 unspecified atom stereocenters. The number of nitrogens with one attached hydrogen (secondary N) is 2. The minimum absolute atomic E-state index is 0.0757. The third kappa shape index (κ3) is 5.39. The Bertz CT molecular complexity index is 916. The van der Waals surface area contributed by atoms with Gasteiger partial charge in [0.05, 0.1) is 11.7 Å². The summed E-state index contributed by atoms with van der Waals surface area (Å²) in [4.78, 5) is 11.9. The van der Waals surface area contributed by atoms with E-state index in [1.54, 1.807) is 6.07 Å². The molecular formula is C23H30Cl3N5. The molecule has 0 spiro atoms. The first-order chi connectivity index (χ1) is 14.9. The third-order valence-electron chi connectivity index (χ3n) is 6.58. The molecule has 0 saturated carbocycles. The van der Waals surface area contributed by atoms with Crippen LogP contribution in [0.1, 0.15) is 49.9 Å². The molecule has 8 heteroatoms. The average molecular weight is 483 g/mol. The number of nitrogens with zero attached hydrogens (tertiary/aromatic N) is 3. The van der Waals surface area contributed by atoms with Crippen LogP contribution < -0.4 is 15.5 Å². The van der Waals surface area contributed by atoms with Gasteiger partial charge in [-0.15, -0.1) is 0 Å². The molecule has 1 aromatic heterocycles. The van der Waals surface area contributed by atoms with Crippen molar-refractivity contribution in [2.45, 2.75) is 45.6 Å². The fourth-order valence-corrected chi connectivity index (χ4v) is 5.52. The molecule has 0 radical (unpaired) electrons. The van der Waals surface area contributed by atoms with Gasteiger partial charge in [-0.3, -0.25) is 0 Å². The molecule has 0 amide bonds. The van der Waals surface area contributed by atoms with Crippen molar-refractivity contribution in [3.05, 3.63) is 44.5 Å². The molecule has 2 aliphatic rings. The largest absolute Gasteiger partial charge is 0.362 e. The lowest BCUT2D eigenvalue weighted by molar-refractivity contribution is 0.229. The molecule has 2 aliphatic heterocycles. The average Bonchev–Trinajstić information content (AvgIpc) is 2.77. The second kappa shape index (κ2) is 10.1. The normalized spacial score (nSPS) is 21.2. The summed E-state index contributed by atoms with van der Waals surface area (Å²) in [7, 11) is 0. The molecule has 0 aliphatic carbocycles. The van der Waals surface area contributed by atoms with Gasteiger partial charge >= 0.3 is 0 Å². The van der Waals surface area contributed by atoms with E-state index in [1.165, 1.54) is 25.7 Å². The Balaban J connectivity index is 1.53. The lowest BCUT2D eigenvalue weighted by Crippen LogP contribution is -2.42. The van der Waals surface area contributed by atoms with Crippen molar-refractivity contribution >= 4 is 46.6 Å². The summed E-state index contributed by atoms with van der Waals surface area (Å²) in [5.41, 5.74) is 1.73. The van der Waals surface area contributed by atoms with Gasteiger partial charge in [0, 0.05) is 23.1 Å². The van der Waals surface area contributed by atoms with Crippen LogP contribution in [0.15, 0.2) is 18.2 Å². The summed E-state index contributed by atoms with van der Waals surface area (Å²) < 4.78 is 0. The fraction of sp³-hybridized carbons (Fsp3) is 0.565. The lowest BCUT2D eigenvalue weighted by atomic mass is 9.80. The Morgan fingerprint density at radius 3 is 2.61 bits per heavy atom. The van der Waals surface area contributed by atoms with Crippen molar-refractivity contribution in [1.29, 1.82) is 0 Å². The van der Waals surface area contributed by atoms with Gasteiger partial charge < -0.3 is 15.5 Å². The number of hydrogen-bond donors (Lipinski definition) is 2. The maximum absolute atomic E-state index is 6.58. The van der Waals surface area contributed by atoms with Crippen molar-refractivity contribution in [2.24, 2.45) is 11.8 Å². The van der Waals surface area contributed by atoms with Gasteiger partial charge in [-0.25, -0.2) is 4.98 Å². The van der Waals surface area contributed by atoms with Gasteiger partial charge in [0.15, 0.2) is 5.82 Å². The van der Waals surface area contributed by atoms with Crippen LogP contribution in [0.2, 0.25) is 15.1 Å². The van der Waals surface area contributed by atoms with Gasteiger partial charge in [-0.2, -0.15) is 4.98 Å². The molecule has 0 bridgehead atoms. The first-order valence-electron chi connectivity index (χ1n) is 11.1. The topological polar surface area (TPSA) is 53.1 Å². The summed E-state index contributed by atoms with van der Waals surface area (Å²) >= 11 is 19.0. The first kappa shape index (κ1) is 22.9. The summed E-state index contributed by atoms with van der Waals surface area (Å²) in [6, 6.07) is 5.45. The van der Waals surface area contributed by atoms with Crippen molar-refractivity contribution in [2.75, 3.05) is 36.4 Å². The van der Waals surface area contributed by atoms with Gasteiger partial charge in [-0.05, 0) is 82.2 Å². The quantitative estimate of drug-likeness (QED) is 0.536. The van der Waals surface area contributed by atoms with E-state index in [0.717, 1.165) is 49.3 Å². The van der Waals surface area contributed by atoms with Gasteiger partial charge in [0.2, 0.25) is 5.95 Å². The Kier molecular flexibility index (Phi) is 7.48. The molecule has 2 aromatic rings. The van der Waals surface area contributed by atoms with Crippen molar-refractivity contribution in [3.8, 4) is 0 Å². The maximum atomic E-state index is 6.58. The summed E-state index contributed by atoms with van der Waals surface area (Å²) in [6.07, 6.45) is 5.01. The Morgan fingerprint density at radius 2 is 1.87 bits per heavy atom. The summed E-state index contributed by atoms with van der Waals surface area (Å²) in [5, 5.41) is 8.70. The van der Waals surface area contributed by atoms with Crippen LogP contribution in [0.4, 0.5) is 11.8 Å². The zero-order valence-electron chi connectivity index (χ0n) is 18.1. The number of anilines is 2. The first-order valence-corrected chi connectivity index (χ1v) is 12.3. The second-order valence-electron chi connectivity index (χ2n) is 8.74. The van der Waals surface area contributed by atoms with E-state index in [4.69, 9.17) is 44.8 Å². The third-order valence-corrected chi connectivity index (χ3v) is 7.59. The van der Waals surface area contributed by atoms with Crippen LogP contribution in [0.5, 0.6) is 0 Å². The Hall–Kier alpha value is -1.27. The van der Waals surface area contributed by atoms with E-state index in [2.05, 4.69) is 15.5 Å². The van der Waals surface area contributed by atoms with E-state index in [-0.39, 0.29) is 6.04 Å². The molecule has 2 N–H and O–H groups in total. The smallest absolute Gasteiger partial charge is 0.227 e. The van der Waals surface area contributed by atoms with Crippen molar-refractivity contribution < 1.29 is 0 Å². The van der Waals surface area contributed by atoms with Gasteiger partial charge in [0.25, 0.3) is 0 Å². The highest BCUT2D eigenvalue weighted by Gasteiger charge is 2.30. The summed E-state index contributed by atoms with van der Waals surface area (Å²) in [6.45, 7) is 8.25. The molecule has 31 heavy (non-hydrogen) atoms. The molecule has 4 rings (SSSR count). The molecule has 5 nitrogen and oxygen atoms in total. The predicted octanol–water partition coefficient (Wildman–Crippen LogP) is 6.13. The van der Waals surface area contributed by atoms with Gasteiger partial charge in [0.1, 0.15) is 5.02 Å². The zero-order valence-corrected chi connectivity index (χ0v) is 20.4. The SMILES string of the molecule is Cc1nc(N2CCC[C@@H](C3CCNCC3)C2)nc(N[C@H](C)c2ccc(Cl)cc2Cl)c1Cl. The number of halogens is 3. The Labute approximate surface area is 199 Å². The van der Waals surface area contributed by atoms with Crippen LogP contribution in [0.25, 0.3) is 0 Å². The monoisotopic (exact) mass is 481 g/mol. The van der Waals surface area contributed by atoms with Crippen LogP contribution in [0.3, 0.4) is 0 Å². The predicted molar refractivity (Wildman–Crippen MR) is 131 cm³/mol. The number of rotatable bonds is 5. The maximum Gasteiger partial charge on any atom is 0.227 e. The number of aromatic nitrogens is 2. The lowest BCUT2D eigenvalue weighted by Gasteiger charge is -2.38. The number of piperidine rings is 2. The molecule has 2 fully saturated rings. The van der Waals surface area contributed by atoms with E-state index < -0.39 is 0 Å². The minimum atomic E-state index is -0.0757. The highest BCUT2D eigenvalue weighted by atomic mass is 35.5. The molecule has 2 atom stereocenters.